The van der Waals surface area contributed by atoms with Crippen LogP contribution < -0.4 is 5.32 Å². The van der Waals surface area contributed by atoms with Crippen LogP contribution in [0.4, 0.5) is 4.39 Å². The van der Waals surface area contributed by atoms with E-state index in [4.69, 9.17) is 0 Å². The van der Waals surface area contributed by atoms with Crippen molar-refractivity contribution in [3.05, 3.63) is 58.9 Å². The lowest BCUT2D eigenvalue weighted by molar-refractivity contribution is 0.617. The van der Waals surface area contributed by atoms with Gasteiger partial charge < -0.3 is 5.32 Å². The van der Waals surface area contributed by atoms with Crippen LogP contribution in [-0.2, 0) is 19.4 Å². The van der Waals surface area contributed by atoms with Crippen molar-refractivity contribution < 1.29 is 4.39 Å². The molecule has 21 heavy (non-hydrogen) atoms. The third-order valence-corrected chi connectivity index (χ3v) is 4.78. The van der Waals surface area contributed by atoms with Gasteiger partial charge in [0.15, 0.2) is 0 Å². The third-order valence-electron chi connectivity index (χ3n) is 3.82. The molecule has 0 heterocycles. The second kappa shape index (κ2) is 6.63. The number of benzene rings is 2. The van der Waals surface area contributed by atoms with E-state index in [1.807, 2.05) is 0 Å². The Morgan fingerprint density at radius 1 is 1.05 bits per heavy atom. The van der Waals surface area contributed by atoms with E-state index in [0.29, 0.717) is 6.54 Å². The summed E-state index contributed by atoms with van der Waals surface area (Å²) < 4.78 is 13.7. The van der Waals surface area contributed by atoms with Crippen molar-refractivity contribution in [2.45, 2.75) is 42.5 Å². The van der Waals surface area contributed by atoms with Gasteiger partial charge in [-0.05, 0) is 72.8 Å². The molecule has 3 heteroatoms. The standard InChI is InChI=1S/C18H20FNS/c1-2-20-12-13-8-16(19)11-18(9-13)21-17-7-6-14-4-3-5-15(14)10-17/h6-11,20H,2-5,12H2,1H3. The van der Waals surface area contributed by atoms with E-state index in [1.54, 1.807) is 23.9 Å². The van der Waals surface area contributed by atoms with Crippen LogP contribution in [0, 0.1) is 5.82 Å². The molecule has 0 bridgehead atoms. The van der Waals surface area contributed by atoms with Crippen LogP contribution >= 0.6 is 11.8 Å². The Hall–Kier alpha value is -1.32. The molecule has 0 saturated heterocycles. The topological polar surface area (TPSA) is 12.0 Å². The summed E-state index contributed by atoms with van der Waals surface area (Å²) in [5, 5.41) is 3.24. The van der Waals surface area contributed by atoms with Crippen molar-refractivity contribution in [3.63, 3.8) is 0 Å². The van der Waals surface area contributed by atoms with Gasteiger partial charge in [0.1, 0.15) is 5.82 Å². The van der Waals surface area contributed by atoms with Crippen LogP contribution in [0.3, 0.4) is 0 Å². The van der Waals surface area contributed by atoms with E-state index in [2.05, 4.69) is 36.5 Å². The molecule has 0 aromatic heterocycles. The number of halogens is 1. The van der Waals surface area contributed by atoms with Crippen molar-refractivity contribution >= 4 is 11.8 Å². The second-order valence-corrected chi connectivity index (χ2v) is 6.61. The first-order valence-corrected chi connectivity index (χ1v) is 8.36. The van der Waals surface area contributed by atoms with E-state index >= 15 is 0 Å². The lowest BCUT2D eigenvalue weighted by atomic mass is 10.1. The minimum absolute atomic E-state index is 0.158. The largest absolute Gasteiger partial charge is 0.313 e. The zero-order valence-corrected chi connectivity index (χ0v) is 13.1. The third kappa shape index (κ3) is 3.66. The van der Waals surface area contributed by atoms with Gasteiger partial charge in [0.2, 0.25) is 0 Å². The molecule has 0 spiro atoms. The van der Waals surface area contributed by atoms with Crippen LogP contribution in [0.15, 0.2) is 46.2 Å². The molecule has 0 radical (unpaired) electrons. The van der Waals surface area contributed by atoms with Crippen molar-refractivity contribution in [3.8, 4) is 0 Å². The molecule has 0 fully saturated rings. The lowest BCUT2D eigenvalue weighted by Gasteiger charge is -2.08. The SMILES string of the molecule is CCNCc1cc(F)cc(Sc2ccc3c(c2)CCC3)c1. The van der Waals surface area contributed by atoms with Gasteiger partial charge in [0.05, 0.1) is 0 Å². The van der Waals surface area contributed by atoms with Gasteiger partial charge in [0, 0.05) is 16.3 Å². The molecule has 1 N–H and O–H groups in total. The molecular weight excluding hydrogens is 281 g/mol. The van der Waals surface area contributed by atoms with Crippen molar-refractivity contribution in [1.82, 2.24) is 5.32 Å². The van der Waals surface area contributed by atoms with E-state index < -0.39 is 0 Å². The van der Waals surface area contributed by atoms with Crippen LogP contribution in [0.1, 0.15) is 30.0 Å². The van der Waals surface area contributed by atoms with E-state index in [1.165, 1.54) is 35.3 Å². The fourth-order valence-corrected chi connectivity index (χ4v) is 3.79. The van der Waals surface area contributed by atoms with Gasteiger partial charge in [-0.25, -0.2) is 4.39 Å². The Balaban J connectivity index is 1.79. The van der Waals surface area contributed by atoms with Gasteiger partial charge in [0.25, 0.3) is 0 Å². The Bertz CT molecular complexity index is 639. The Kier molecular flexibility index (Phi) is 4.61. The first-order chi connectivity index (χ1) is 10.2. The Morgan fingerprint density at radius 3 is 2.76 bits per heavy atom. The monoisotopic (exact) mass is 301 g/mol. The maximum atomic E-state index is 13.7. The molecule has 1 aliphatic rings. The van der Waals surface area contributed by atoms with Crippen LogP contribution in [0.2, 0.25) is 0 Å². The maximum absolute atomic E-state index is 13.7. The summed E-state index contributed by atoms with van der Waals surface area (Å²) in [4.78, 5) is 2.18. The van der Waals surface area contributed by atoms with Gasteiger partial charge >= 0.3 is 0 Å². The molecule has 110 valence electrons. The van der Waals surface area contributed by atoms with Crippen molar-refractivity contribution in [2.75, 3.05) is 6.54 Å². The molecule has 2 aromatic carbocycles. The minimum atomic E-state index is -0.158. The predicted molar refractivity (Wildman–Crippen MR) is 86.4 cm³/mol. The smallest absolute Gasteiger partial charge is 0.124 e. The first kappa shape index (κ1) is 14.6. The summed E-state index contributed by atoms with van der Waals surface area (Å²) in [6.45, 7) is 3.66. The predicted octanol–water partition coefficient (Wildman–Crippen LogP) is 4.58. The molecule has 0 saturated carbocycles. The van der Waals surface area contributed by atoms with Gasteiger partial charge in [-0.3, -0.25) is 0 Å². The molecule has 0 atom stereocenters. The van der Waals surface area contributed by atoms with Gasteiger partial charge in [-0.15, -0.1) is 0 Å². The van der Waals surface area contributed by atoms with Gasteiger partial charge in [-0.1, -0.05) is 24.8 Å². The molecule has 1 aliphatic carbocycles. The highest BCUT2D eigenvalue weighted by molar-refractivity contribution is 7.99. The summed E-state index contributed by atoms with van der Waals surface area (Å²) in [7, 11) is 0. The zero-order valence-electron chi connectivity index (χ0n) is 12.3. The molecular formula is C18H20FNS. The minimum Gasteiger partial charge on any atom is -0.313 e. The number of rotatable bonds is 5. The molecule has 0 amide bonds. The highest BCUT2D eigenvalue weighted by Gasteiger charge is 2.11. The lowest BCUT2D eigenvalue weighted by Crippen LogP contribution is -2.11. The number of aryl methyl sites for hydroxylation is 2. The van der Waals surface area contributed by atoms with Gasteiger partial charge in [-0.2, -0.15) is 0 Å². The Morgan fingerprint density at radius 2 is 1.90 bits per heavy atom. The highest BCUT2D eigenvalue weighted by atomic mass is 32.2. The Labute approximate surface area is 130 Å². The van der Waals surface area contributed by atoms with Crippen molar-refractivity contribution in [1.29, 1.82) is 0 Å². The number of hydrogen-bond acceptors (Lipinski definition) is 2. The second-order valence-electron chi connectivity index (χ2n) is 5.46. The van der Waals surface area contributed by atoms with Crippen LogP contribution in [0.25, 0.3) is 0 Å². The number of hydrogen-bond donors (Lipinski definition) is 1. The average molecular weight is 301 g/mol. The molecule has 1 nitrogen and oxygen atoms in total. The summed E-state index contributed by atoms with van der Waals surface area (Å²) >= 11 is 1.65. The summed E-state index contributed by atoms with van der Waals surface area (Å²) in [5.41, 5.74) is 3.94. The molecule has 3 rings (SSSR count). The highest BCUT2D eigenvalue weighted by Crippen LogP contribution is 2.32. The number of fused-ring (bicyclic) bond motifs is 1. The van der Waals surface area contributed by atoms with Crippen LogP contribution in [-0.4, -0.2) is 6.54 Å². The molecule has 0 aliphatic heterocycles. The molecule has 0 unspecified atom stereocenters. The molecule has 2 aromatic rings. The zero-order chi connectivity index (χ0) is 14.7. The maximum Gasteiger partial charge on any atom is 0.124 e. The first-order valence-electron chi connectivity index (χ1n) is 7.54. The van der Waals surface area contributed by atoms with E-state index in [9.17, 15) is 4.39 Å². The quantitative estimate of drug-likeness (QED) is 0.868. The fourth-order valence-electron chi connectivity index (χ4n) is 2.80. The number of nitrogens with one attached hydrogen (secondary N) is 1. The van der Waals surface area contributed by atoms with E-state index in [-0.39, 0.29) is 5.82 Å². The normalized spacial score (nSPS) is 13.4. The summed E-state index contributed by atoms with van der Waals surface area (Å²) in [6, 6.07) is 11.9. The summed E-state index contributed by atoms with van der Waals surface area (Å²) in [6.07, 6.45) is 3.64. The summed E-state index contributed by atoms with van der Waals surface area (Å²) in [5.74, 6) is -0.158. The van der Waals surface area contributed by atoms with Crippen molar-refractivity contribution in [2.24, 2.45) is 0 Å². The van der Waals surface area contributed by atoms with Crippen LogP contribution in [0.5, 0.6) is 0 Å². The van der Waals surface area contributed by atoms with E-state index in [0.717, 1.165) is 17.0 Å². The average Bonchev–Trinajstić information content (AvgIpc) is 2.92. The fraction of sp³-hybridized carbons (Fsp3) is 0.333.